The Balaban J connectivity index is 1.22. The molecule has 1 aliphatic heterocycles. The Morgan fingerprint density at radius 1 is 1.09 bits per heavy atom. The van der Waals surface area contributed by atoms with Crippen LogP contribution in [-0.2, 0) is 0 Å². The molecule has 1 aromatic carbocycles. The minimum absolute atomic E-state index is 0.138. The van der Waals surface area contributed by atoms with Crippen molar-refractivity contribution < 1.29 is 9.13 Å². The fourth-order valence-corrected chi connectivity index (χ4v) is 4.98. The van der Waals surface area contributed by atoms with Crippen molar-refractivity contribution >= 4 is 21.9 Å². The van der Waals surface area contributed by atoms with Crippen LogP contribution >= 0.6 is 0 Å². The van der Waals surface area contributed by atoms with Crippen LogP contribution in [0.25, 0.3) is 33.1 Å². The molecule has 0 amide bonds. The van der Waals surface area contributed by atoms with Gasteiger partial charge in [-0.3, -0.25) is 9.55 Å². The lowest BCUT2D eigenvalue weighted by Crippen LogP contribution is -2.31. The number of likely N-dealkylation sites (tertiary alicyclic amines) is 1. The number of ether oxygens (including phenoxy) is 1. The Bertz CT molecular complexity index is 1380. The number of pyridine rings is 2. The molecule has 2 aliphatic rings. The van der Waals surface area contributed by atoms with Crippen LogP contribution in [0.3, 0.4) is 0 Å². The Labute approximate surface area is 196 Å². The number of H-pyrrole nitrogens is 1. The van der Waals surface area contributed by atoms with E-state index in [9.17, 15) is 9.18 Å². The molecule has 1 saturated carbocycles. The molecule has 1 aliphatic carbocycles. The number of rotatable bonds is 7. The van der Waals surface area contributed by atoms with Crippen LogP contribution in [0.15, 0.2) is 41.5 Å². The van der Waals surface area contributed by atoms with Crippen LogP contribution in [0.2, 0.25) is 0 Å². The lowest BCUT2D eigenvalue weighted by molar-refractivity contribution is 0.203. The summed E-state index contributed by atoms with van der Waals surface area (Å²) in [6.45, 7) is 4.03. The van der Waals surface area contributed by atoms with Crippen molar-refractivity contribution in [3.05, 3.63) is 53.0 Å². The predicted molar refractivity (Wildman–Crippen MR) is 130 cm³/mol. The Hall–Kier alpha value is -3.26. The molecule has 0 bridgehead atoms. The minimum atomic E-state index is -0.375. The second-order valence-electron chi connectivity index (χ2n) is 9.39. The number of hydrogen-bond acceptors (Lipinski definition) is 5. The number of hydrogen-bond donors (Lipinski definition) is 1. The number of aromatic nitrogens is 4. The van der Waals surface area contributed by atoms with Crippen LogP contribution in [0, 0.1) is 5.82 Å². The van der Waals surface area contributed by atoms with Gasteiger partial charge in [-0.05, 0) is 57.3 Å². The van der Waals surface area contributed by atoms with Gasteiger partial charge in [0.1, 0.15) is 5.82 Å². The highest BCUT2D eigenvalue weighted by atomic mass is 19.1. The van der Waals surface area contributed by atoms with Crippen LogP contribution < -0.4 is 10.4 Å². The molecule has 2 fully saturated rings. The van der Waals surface area contributed by atoms with Gasteiger partial charge < -0.3 is 14.6 Å². The van der Waals surface area contributed by atoms with Crippen LogP contribution in [-0.4, -0.2) is 50.7 Å². The van der Waals surface area contributed by atoms with E-state index in [1.165, 1.54) is 38.4 Å². The van der Waals surface area contributed by atoms with Crippen LogP contribution in [0.1, 0.15) is 44.6 Å². The minimum Gasteiger partial charge on any atom is -0.478 e. The second kappa shape index (κ2) is 8.83. The van der Waals surface area contributed by atoms with Gasteiger partial charge in [0, 0.05) is 47.4 Å². The SMILES string of the molecule is O=c1[nH]c2c3cc(-c4ccc(OCCCN5CCCCC5)nc4)c(F)cc3ncc2n1C1CC1. The highest BCUT2D eigenvalue weighted by Crippen LogP contribution is 2.37. The molecule has 0 spiro atoms. The molecular formula is C26H28FN5O2. The standard InChI is InChI=1S/C26H28FN5O2/c27-21-14-22-20(25-23(16-28-22)32(18-6-7-18)26(33)30-25)13-19(21)17-5-8-24(29-15-17)34-12-4-11-31-9-2-1-3-10-31/h5,8,13-16,18H,1-4,6-7,9-12H2,(H,30,33). The summed E-state index contributed by atoms with van der Waals surface area (Å²) < 4.78 is 22.5. The smallest absolute Gasteiger partial charge is 0.326 e. The van der Waals surface area contributed by atoms with Gasteiger partial charge in [-0.25, -0.2) is 14.2 Å². The summed E-state index contributed by atoms with van der Waals surface area (Å²) >= 11 is 0. The third-order valence-corrected chi connectivity index (χ3v) is 6.92. The monoisotopic (exact) mass is 461 g/mol. The maximum Gasteiger partial charge on any atom is 0.326 e. The average Bonchev–Trinajstić information content (AvgIpc) is 3.63. The summed E-state index contributed by atoms with van der Waals surface area (Å²) in [5.74, 6) is 0.166. The zero-order valence-corrected chi connectivity index (χ0v) is 19.1. The molecule has 3 aromatic heterocycles. The van der Waals surface area contributed by atoms with Gasteiger partial charge in [-0.15, -0.1) is 0 Å². The Kier molecular flexibility index (Phi) is 5.53. The fourth-order valence-electron chi connectivity index (χ4n) is 4.98. The summed E-state index contributed by atoms with van der Waals surface area (Å²) in [6.07, 6.45) is 10.2. The molecule has 0 unspecified atom stereocenters. The van der Waals surface area contributed by atoms with Gasteiger partial charge in [0.05, 0.1) is 29.4 Å². The Morgan fingerprint density at radius 2 is 1.94 bits per heavy atom. The van der Waals surface area contributed by atoms with Gasteiger partial charge in [0.25, 0.3) is 0 Å². The molecule has 1 saturated heterocycles. The van der Waals surface area contributed by atoms with Crippen molar-refractivity contribution in [1.29, 1.82) is 0 Å². The first kappa shape index (κ1) is 21.3. The van der Waals surface area contributed by atoms with Gasteiger partial charge in [0.2, 0.25) is 5.88 Å². The number of imidazole rings is 1. The molecule has 6 rings (SSSR count). The predicted octanol–water partition coefficient (Wildman–Crippen LogP) is 4.67. The number of nitrogens with zero attached hydrogens (tertiary/aromatic N) is 4. The highest BCUT2D eigenvalue weighted by molar-refractivity contribution is 6.03. The number of aromatic amines is 1. The van der Waals surface area contributed by atoms with E-state index in [1.807, 2.05) is 6.07 Å². The molecule has 1 N–H and O–H groups in total. The van der Waals surface area contributed by atoms with Gasteiger partial charge in [0.15, 0.2) is 0 Å². The van der Waals surface area contributed by atoms with Crippen LogP contribution in [0.4, 0.5) is 4.39 Å². The highest BCUT2D eigenvalue weighted by Gasteiger charge is 2.28. The van der Waals surface area contributed by atoms with Crippen LogP contribution in [0.5, 0.6) is 5.88 Å². The summed E-state index contributed by atoms with van der Waals surface area (Å²) in [5.41, 5.74) is 2.92. The van der Waals surface area contributed by atoms with Gasteiger partial charge in [-0.2, -0.15) is 0 Å². The Morgan fingerprint density at radius 3 is 2.71 bits per heavy atom. The van der Waals surface area contributed by atoms with Crippen molar-refractivity contribution in [1.82, 2.24) is 24.4 Å². The lowest BCUT2D eigenvalue weighted by atomic mass is 10.0. The zero-order chi connectivity index (χ0) is 23.1. The van der Waals surface area contributed by atoms with Crippen molar-refractivity contribution in [3.63, 3.8) is 0 Å². The first-order valence-electron chi connectivity index (χ1n) is 12.2. The summed E-state index contributed by atoms with van der Waals surface area (Å²) in [6, 6.07) is 7.01. The quantitative estimate of drug-likeness (QED) is 0.405. The average molecular weight is 462 g/mol. The number of halogens is 1. The van der Waals surface area contributed by atoms with E-state index in [1.54, 1.807) is 29.1 Å². The maximum atomic E-state index is 15.0. The number of benzene rings is 1. The van der Waals surface area contributed by atoms with E-state index in [2.05, 4.69) is 19.9 Å². The summed E-state index contributed by atoms with van der Waals surface area (Å²) in [4.78, 5) is 26.8. The first-order valence-corrected chi connectivity index (χ1v) is 12.2. The molecular weight excluding hydrogens is 433 g/mol. The van der Waals surface area contributed by atoms with Crippen molar-refractivity contribution in [3.8, 4) is 17.0 Å². The number of fused-ring (bicyclic) bond motifs is 3. The lowest BCUT2D eigenvalue weighted by Gasteiger charge is -2.26. The molecule has 4 heterocycles. The van der Waals surface area contributed by atoms with Gasteiger partial charge >= 0.3 is 5.69 Å². The first-order chi connectivity index (χ1) is 16.7. The molecule has 4 aromatic rings. The molecule has 8 heteroatoms. The van der Waals surface area contributed by atoms with Gasteiger partial charge in [-0.1, -0.05) is 6.42 Å². The topological polar surface area (TPSA) is 76.0 Å². The van der Waals surface area contributed by atoms with E-state index in [0.29, 0.717) is 34.6 Å². The number of piperidine rings is 1. The molecule has 7 nitrogen and oxygen atoms in total. The second-order valence-corrected chi connectivity index (χ2v) is 9.39. The van der Waals surface area contributed by atoms with E-state index in [-0.39, 0.29) is 17.5 Å². The maximum absolute atomic E-state index is 15.0. The zero-order valence-electron chi connectivity index (χ0n) is 19.1. The molecule has 176 valence electrons. The summed E-state index contributed by atoms with van der Waals surface area (Å²) in [5, 5.41) is 0.725. The third kappa shape index (κ3) is 4.07. The molecule has 0 radical (unpaired) electrons. The summed E-state index contributed by atoms with van der Waals surface area (Å²) in [7, 11) is 0. The number of nitrogens with one attached hydrogen (secondary N) is 1. The van der Waals surface area contributed by atoms with Crippen molar-refractivity contribution in [2.75, 3.05) is 26.2 Å². The van der Waals surface area contributed by atoms with Crippen molar-refractivity contribution in [2.24, 2.45) is 0 Å². The van der Waals surface area contributed by atoms with E-state index < -0.39 is 0 Å². The third-order valence-electron chi connectivity index (χ3n) is 6.92. The molecule has 0 atom stereocenters. The largest absolute Gasteiger partial charge is 0.478 e. The normalized spacial score (nSPS) is 17.0. The van der Waals surface area contributed by atoms with E-state index in [0.717, 1.165) is 36.7 Å². The molecule has 34 heavy (non-hydrogen) atoms. The van der Waals surface area contributed by atoms with E-state index in [4.69, 9.17) is 4.74 Å². The van der Waals surface area contributed by atoms with E-state index >= 15 is 0 Å². The van der Waals surface area contributed by atoms with Crippen molar-refractivity contribution in [2.45, 2.75) is 44.6 Å². The fraction of sp³-hybridized carbons (Fsp3) is 0.423.